The molecular weight excluding hydrogens is 360 g/mol. The molecule has 0 unspecified atom stereocenters. The molecule has 2 aromatic rings. The van der Waals surface area contributed by atoms with E-state index in [0.29, 0.717) is 23.3 Å². The van der Waals surface area contributed by atoms with E-state index >= 15 is 0 Å². The second kappa shape index (κ2) is 8.50. The van der Waals surface area contributed by atoms with E-state index < -0.39 is 0 Å². The molecule has 6 heteroatoms. The largest absolute Gasteiger partial charge is 0.455 e. The molecule has 0 spiro atoms. The minimum Gasteiger partial charge on any atom is -0.455 e. The minimum atomic E-state index is -0.151. The highest BCUT2D eigenvalue weighted by Gasteiger charge is 2.40. The van der Waals surface area contributed by atoms with E-state index in [1.165, 1.54) is 4.90 Å². The van der Waals surface area contributed by atoms with Crippen LogP contribution in [0.1, 0.15) is 29.2 Å². The normalized spacial score (nSPS) is 27.3. The number of hydrogen-bond acceptors (Lipinski definition) is 5. The third-order valence-corrected chi connectivity index (χ3v) is 6.68. The summed E-state index contributed by atoms with van der Waals surface area (Å²) in [6.45, 7) is 2.10. The fourth-order valence-electron chi connectivity index (χ4n) is 4.18. The lowest BCUT2D eigenvalue weighted by Crippen LogP contribution is -2.50. The zero-order valence-electron chi connectivity index (χ0n) is 15.5. The van der Waals surface area contributed by atoms with Gasteiger partial charge < -0.3 is 19.8 Å². The molecule has 4 rings (SSSR count). The van der Waals surface area contributed by atoms with Crippen LogP contribution in [0, 0.1) is 11.8 Å². The van der Waals surface area contributed by atoms with Gasteiger partial charge >= 0.3 is 0 Å². The smallest absolute Gasteiger partial charge is 0.287 e. The Kier molecular flexibility index (Phi) is 5.86. The van der Waals surface area contributed by atoms with E-state index in [0.717, 1.165) is 31.7 Å². The van der Waals surface area contributed by atoms with Gasteiger partial charge in [0.15, 0.2) is 5.76 Å². The maximum absolute atomic E-state index is 12.7. The maximum atomic E-state index is 12.7. The number of benzene rings is 1. The molecule has 2 N–H and O–H groups in total. The van der Waals surface area contributed by atoms with Crippen LogP contribution in [0.3, 0.4) is 0 Å². The lowest BCUT2D eigenvalue weighted by atomic mass is 9.77. The molecule has 1 saturated carbocycles. The number of ether oxygens (including phenoxy) is 1. The highest BCUT2D eigenvalue weighted by atomic mass is 32.2. The van der Waals surface area contributed by atoms with Crippen molar-refractivity contribution in [1.29, 1.82) is 0 Å². The highest BCUT2D eigenvalue weighted by molar-refractivity contribution is 7.98. The van der Waals surface area contributed by atoms with E-state index in [1.807, 2.05) is 24.3 Å². The topological polar surface area (TPSA) is 63.5 Å². The third-order valence-electron chi connectivity index (χ3n) is 5.65. The lowest BCUT2D eigenvalue weighted by Gasteiger charge is -2.37. The summed E-state index contributed by atoms with van der Waals surface area (Å²) in [4.78, 5) is 13.9. The Morgan fingerprint density at radius 1 is 1.19 bits per heavy atom. The molecule has 5 nitrogen and oxygen atoms in total. The summed E-state index contributed by atoms with van der Waals surface area (Å²) in [5.74, 6) is 3.02. The zero-order valence-corrected chi connectivity index (χ0v) is 16.3. The second-order valence-corrected chi connectivity index (χ2v) is 8.42. The lowest BCUT2D eigenvalue weighted by molar-refractivity contribution is 0.0121. The summed E-state index contributed by atoms with van der Waals surface area (Å²) in [6, 6.07) is 13.9. The van der Waals surface area contributed by atoms with Crippen LogP contribution < -0.4 is 10.6 Å². The van der Waals surface area contributed by atoms with Gasteiger partial charge in [-0.25, -0.2) is 0 Å². The average Bonchev–Trinajstić information content (AvgIpc) is 3.35. The summed E-state index contributed by atoms with van der Waals surface area (Å²) in [6.07, 6.45) is 2.02. The molecule has 4 atom stereocenters. The first-order valence-corrected chi connectivity index (χ1v) is 10.5. The minimum absolute atomic E-state index is 0.0379. The molecule has 1 saturated heterocycles. The van der Waals surface area contributed by atoms with Crippen molar-refractivity contribution in [3.63, 3.8) is 0 Å². The van der Waals surface area contributed by atoms with Gasteiger partial charge in [-0.3, -0.25) is 4.79 Å². The number of carbonyl (C=O) groups is 1. The van der Waals surface area contributed by atoms with Crippen LogP contribution in [0.4, 0.5) is 0 Å². The first-order valence-electron chi connectivity index (χ1n) is 9.54. The van der Waals surface area contributed by atoms with Crippen molar-refractivity contribution in [3.8, 4) is 0 Å². The molecule has 1 aliphatic carbocycles. The van der Waals surface area contributed by atoms with Crippen LogP contribution in [0.5, 0.6) is 0 Å². The van der Waals surface area contributed by atoms with Gasteiger partial charge in [0.05, 0.1) is 17.9 Å². The average molecular weight is 387 g/mol. The van der Waals surface area contributed by atoms with Gasteiger partial charge in [0.2, 0.25) is 0 Å². The monoisotopic (exact) mass is 386 g/mol. The van der Waals surface area contributed by atoms with Crippen molar-refractivity contribution < 1.29 is 13.9 Å². The first kappa shape index (κ1) is 18.6. The van der Waals surface area contributed by atoms with Crippen molar-refractivity contribution in [2.24, 2.45) is 11.8 Å². The Morgan fingerprint density at radius 3 is 2.74 bits per heavy atom. The Balaban J connectivity index is 1.34. The van der Waals surface area contributed by atoms with Crippen LogP contribution in [0.25, 0.3) is 0 Å². The summed E-state index contributed by atoms with van der Waals surface area (Å²) in [7, 11) is 1.73. The van der Waals surface area contributed by atoms with Gasteiger partial charge in [-0.2, -0.15) is 0 Å². The van der Waals surface area contributed by atoms with Gasteiger partial charge in [0.1, 0.15) is 5.76 Å². The molecule has 27 heavy (non-hydrogen) atoms. The highest BCUT2D eigenvalue weighted by Crippen LogP contribution is 2.34. The van der Waals surface area contributed by atoms with Gasteiger partial charge in [0, 0.05) is 12.0 Å². The van der Waals surface area contributed by atoms with Crippen LogP contribution in [-0.4, -0.2) is 38.3 Å². The summed E-state index contributed by atoms with van der Waals surface area (Å²) < 4.78 is 11.4. The number of hydrogen-bond donors (Lipinski definition) is 2. The quantitative estimate of drug-likeness (QED) is 0.746. The van der Waals surface area contributed by atoms with Crippen LogP contribution in [-0.2, 0) is 10.5 Å². The Bertz CT molecular complexity index is 764. The molecule has 0 radical (unpaired) electrons. The molecule has 2 aliphatic rings. The van der Waals surface area contributed by atoms with Crippen LogP contribution >= 0.6 is 11.8 Å². The molecule has 2 heterocycles. The van der Waals surface area contributed by atoms with Gasteiger partial charge in [-0.1, -0.05) is 18.2 Å². The Hall–Kier alpha value is -1.76. The van der Waals surface area contributed by atoms with E-state index in [2.05, 4.69) is 22.8 Å². The molecular formula is C21H26N2O3S. The number of carbonyl (C=O) groups excluding carboxylic acids is 1. The number of methoxy groups -OCH3 is 1. The van der Waals surface area contributed by atoms with E-state index in [9.17, 15) is 4.79 Å². The number of thioether (sulfide) groups is 1. The van der Waals surface area contributed by atoms with Gasteiger partial charge in [0.25, 0.3) is 5.91 Å². The van der Waals surface area contributed by atoms with Crippen molar-refractivity contribution in [3.05, 3.63) is 54.0 Å². The second-order valence-electron chi connectivity index (χ2n) is 7.37. The van der Waals surface area contributed by atoms with Crippen molar-refractivity contribution >= 4 is 17.7 Å². The van der Waals surface area contributed by atoms with E-state index in [4.69, 9.17) is 9.15 Å². The number of amides is 1. The van der Waals surface area contributed by atoms with E-state index in [-0.39, 0.29) is 18.1 Å². The fourth-order valence-corrected chi connectivity index (χ4v) is 4.99. The number of nitrogens with one attached hydrogen (secondary N) is 2. The van der Waals surface area contributed by atoms with Gasteiger partial charge in [-0.05, 0) is 62.0 Å². The van der Waals surface area contributed by atoms with Gasteiger partial charge in [-0.15, -0.1) is 11.8 Å². The third kappa shape index (κ3) is 4.39. The van der Waals surface area contributed by atoms with Crippen LogP contribution in [0.15, 0.2) is 51.8 Å². The maximum Gasteiger partial charge on any atom is 0.287 e. The predicted octanol–water partition coefficient (Wildman–Crippen LogP) is 3.31. The molecule has 1 amide bonds. The molecule has 1 aromatic carbocycles. The summed E-state index contributed by atoms with van der Waals surface area (Å²) in [5.41, 5.74) is 0. The molecule has 0 bridgehead atoms. The van der Waals surface area contributed by atoms with E-state index in [1.54, 1.807) is 24.9 Å². The number of fused-ring (bicyclic) bond motifs is 1. The van der Waals surface area contributed by atoms with Crippen molar-refractivity contribution in [2.75, 3.05) is 20.2 Å². The molecule has 1 aromatic heterocycles. The Labute approximate surface area is 164 Å². The first-order chi connectivity index (χ1) is 13.2. The summed E-state index contributed by atoms with van der Waals surface area (Å²) >= 11 is 1.70. The van der Waals surface area contributed by atoms with Crippen molar-refractivity contribution in [1.82, 2.24) is 10.6 Å². The Morgan fingerprint density at radius 2 is 1.96 bits per heavy atom. The van der Waals surface area contributed by atoms with Crippen LogP contribution in [0.2, 0.25) is 0 Å². The number of rotatable bonds is 6. The van der Waals surface area contributed by atoms with Crippen molar-refractivity contribution in [2.45, 2.75) is 35.6 Å². The summed E-state index contributed by atoms with van der Waals surface area (Å²) in [5, 5.41) is 6.60. The fraction of sp³-hybridized carbons (Fsp3) is 0.476. The standard InChI is InChI=1S/C21H26N2O3S/c1-25-20-10-15-12-22-11-14(15)9-18(20)23-21(24)19-8-7-16(26-19)13-27-17-5-3-2-4-6-17/h2-8,14-15,18,20,22H,9-13H2,1H3,(H,23,24)/t14-,15+,18-,20-/m0/s1. The molecule has 2 fully saturated rings. The SMILES string of the molecule is CO[C@H]1C[C@@H]2CNC[C@@H]2C[C@@H]1NC(=O)c1ccc(CSc2ccccc2)o1. The molecule has 1 aliphatic heterocycles. The zero-order chi connectivity index (χ0) is 18.6. The number of furan rings is 1. The predicted molar refractivity (Wildman–Crippen MR) is 106 cm³/mol. The molecule has 144 valence electrons.